The molecule has 4 unspecified atom stereocenters. The van der Waals surface area contributed by atoms with Gasteiger partial charge >= 0.3 is 82.6 Å². The Hall–Kier alpha value is 0.640. The molecular weight excluding hydrogens is 537 g/mol. The third kappa shape index (κ3) is 8.06. The van der Waals surface area contributed by atoms with Gasteiger partial charge < -0.3 is 40.3 Å². The van der Waals surface area contributed by atoms with Crippen molar-refractivity contribution < 1.29 is 61.4 Å². The normalized spacial score (nSPS) is 26.7. The standard InChI is InChI=1S/C10H16N5O13P3.2Na.2H/c11-8-5-9(13-2-12-8)15(3-14-5)10-7(17)6(16)4(26-10)1-25-30(21,22)28-31(23,24)27-29(18,19)20;;;;/h2-4,6-7,10,16-17H,1H2,(H,21,22)(H,23,24)(H2,11,12,13)(H2,18,19,20);;;;/t4-,6?,7?,10-;;;;/m1..../s1. The van der Waals surface area contributed by atoms with Gasteiger partial charge in [0.1, 0.15) is 30.2 Å². The van der Waals surface area contributed by atoms with Crippen molar-refractivity contribution in [3.05, 3.63) is 12.7 Å². The van der Waals surface area contributed by atoms with E-state index in [4.69, 9.17) is 25.2 Å². The molecule has 33 heavy (non-hydrogen) atoms. The van der Waals surface area contributed by atoms with Crippen LogP contribution < -0.4 is 5.73 Å². The molecule has 0 amide bonds. The van der Waals surface area contributed by atoms with Gasteiger partial charge in [0.15, 0.2) is 17.7 Å². The molecule has 1 aliphatic heterocycles. The Bertz CT molecular complexity index is 1120. The molecule has 3 rings (SSSR count). The summed E-state index contributed by atoms with van der Waals surface area (Å²) in [4.78, 5) is 47.2. The van der Waals surface area contributed by atoms with E-state index in [0.29, 0.717) is 0 Å². The Morgan fingerprint density at radius 3 is 2.24 bits per heavy atom. The number of nitrogens with two attached hydrogens (primary N) is 1. The molecule has 0 saturated carbocycles. The van der Waals surface area contributed by atoms with Gasteiger partial charge in [-0.1, -0.05) is 0 Å². The molecule has 3 heterocycles. The van der Waals surface area contributed by atoms with Gasteiger partial charge in [0.05, 0.1) is 12.9 Å². The van der Waals surface area contributed by atoms with Crippen molar-refractivity contribution >= 4 is 99.6 Å². The predicted octanol–water partition coefficient (Wildman–Crippen LogP) is -2.93. The van der Waals surface area contributed by atoms with Crippen LogP contribution in [0.5, 0.6) is 0 Å². The van der Waals surface area contributed by atoms with E-state index in [-0.39, 0.29) is 76.1 Å². The van der Waals surface area contributed by atoms with Crippen molar-refractivity contribution in [2.45, 2.75) is 24.5 Å². The van der Waals surface area contributed by atoms with E-state index in [1.165, 1.54) is 10.9 Å². The maximum atomic E-state index is 11.8. The van der Waals surface area contributed by atoms with Crippen LogP contribution in [-0.4, -0.2) is 133 Å². The number of imidazole rings is 1. The Morgan fingerprint density at radius 2 is 1.64 bits per heavy atom. The zero-order chi connectivity index (χ0) is 23.2. The Labute approximate surface area is 228 Å². The number of rotatable bonds is 8. The van der Waals surface area contributed by atoms with E-state index in [1.54, 1.807) is 0 Å². The van der Waals surface area contributed by atoms with Crippen LogP contribution in [0.1, 0.15) is 6.23 Å². The second-order valence-corrected chi connectivity index (χ2v) is 10.4. The van der Waals surface area contributed by atoms with Crippen LogP contribution in [0.15, 0.2) is 12.7 Å². The van der Waals surface area contributed by atoms with E-state index in [2.05, 4.69) is 28.1 Å². The summed E-state index contributed by atoms with van der Waals surface area (Å²) in [5.41, 5.74) is 6.00. The first-order chi connectivity index (χ1) is 14.2. The van der Waals surface area contributed by atoms with Gasteiger partial charge in [0.25, 0.3) is 0 Å². The third-order valence-corrected chi connectivity index (χ3v) is 7.62. The van der Waals surface area contributed by atoms with Gasteiger partial charge in [-0.25, -0.2) is 28.6 Å². The van der Waals surface area contributed by atoms with E-state index in [0.717, 1.165) is 6.33 Å². The van der Waals surface area contributed by atoms with Crippen LogP contribution in [-0.2, 0) is 31.6 Å². The number of aliphatic hydroxyl groups excluding tert-OH is 2. The molecule has 2 aromatic heterocycles. The van der Waals surface area contributed by atoms with Gasteiger partial charge in [-0.2, -0.15) is 8.62 Å². The molecule has 1 fully saturated rings. The summed E-state index contributed by atoms with van der Waals surface area (Å²) in [6, 6.07) is 0. The van der Waals surface area contributed by atoms with Crippen LogP contribution in [0.3, 0.4) is 0 Å². The molecule has 1 aliphatic rings. The summed E-state index contributed by atoms with van der Waals surface area (Å²) in [5.74, 6) is 0.0426. The summed E-state index contributed by atoms with van der Waals surface area (Å²) in [5, 5.41) is 20.4. The first kappa shape index (κ1) is 31.7. The number of anilines is 1. The molecule has 18 nitrogen and oxygen atoms in total. The van der Waals surface area contributed by atoms with Crippen molar-refractivity contribution in [2.75, 3.05) is 12.3 Å². The number of hydrogen-bond acceptors (Lipinski definition) is 13. The quantitative estimate of drug-likeness (QED) is 0.127. The van der Waals surface area contributed by atoms with Gasteiger partial charge in [-0.15, -0.1) is 0 Å². The average Bonchev–Trinajstić information content (AvgIpc) is 3.13. The van der Waals surface area contributed by atoms with Crippen LogP contribution in [0.2, 0.25) is 0 Å². The van der Waals surface area contributed by atoms with Crippen molar-refractivity contribution in [2.24, 2.45) is 0 Å². The number of fused-ring (bicyclic) bond motifs is 1. The third-order valence-electron chi connectivity index (χ3n) is 3.82. The van der Waals surface area contributed by atoms with Gasteiger partial charge in [-0.3, -0.25) is 9.09 Å². The number of nitrogen functional groups attached to an aromatic ring is 1. The molecule has 1 saturated heterocycles. The molecule has 6 atom stereocenters. The average molecular weight is 555 g/mol. The first-order valence-electron chi connectivity index (χ1n) is 7.92. The van der Waals surface area contributed by atoms with Gasteiger partial charge in [-0.05, 0) is 0 Å². The molecule has 178 valence electrons. The van der Waals surface area contributed by atoms with Crippen LogP contribution in [0, 0.1) is 0 Å². The molecule has 0 aromatic carbocycles. The van der Waals surface area contributed by atoms with Gasteiger partial charge in [0, 0.05) is 0 Å². The fourth-order valence-corrected chi connectivity index (χ4v) is 5.65. The van der Waals surface area contributed by atoms with Crippen molar-refractivity contribution in [1.29, 1.82) is 0 Å². The van der Waals surface area contributed by atoms with Crippen molar-refractivity contribution in [3.63, 3.8) is 0 Å². The Kier molecular flexibility index (Phi) is 11.3. The number of aromatic nitrogens is 4. The minimum absolute atomic E-state index is 0. The van der Waals surface area contributed by atoms with E-state index in [1.807, 2.05) is 0 Å². The second-order valence-electron chi connectivity index (χ2n) is 6.02. The second kappa shape index (κ2) is 11.8. The number of nitrogens with zero attached hydrogens (tertiary/aromatic N) is 4. The summed E-state index contributed by atoms with van der Waals surface area (Å²) >= 11 is 0. The first-order valence-corrected chi connectivity index (χ1v) is 12.4. The maximum absolute atomic E-state index is 11.8. The number of hydrogen-bond donors (Lipinski definition) is 7. The summed E-state index contributed by atoms with van der Waals surface area (Å²) in [6.07, 6.45) is -3.69. The molecule has 0 bridgehead atoms. The number of ether oxygens (including phenoxy) is 1. The molecule has 0 radical (unpaired) electrons. The molecule has 8 N–H and O–H groups in total. The molecular formula is C10H18N5Na2O13P3. The Morgan fingerprint density at radius 1 is 1.00 bits per heavy atom. The van der Waals surface area contributed by atoms with E-state index < -0.39 is 54.6 Å². The fourth-order valence-electron chi connectivity index (χ4n) is 2.62. The summed E-state index contributed by atoms with van der Waals surface area (Å²) in [7, 11) is -16.7. The number of phosphoric ester groups is 1. The summed E-state index contributed by atoms with van der Waals surface area (Å²) < 4.78 is 51.9. The topological polar surface area (TPSA) is 279 Å². The van der Waals surface area contributed by atoms with E-state index >= 15 is 0 Å². The monoisotopic (exact) mass is 555 g/mol. The fraction of sp³-hybridized carbons (Fsp3) is 0.500. The van der Waals surface area contributed by atoms with Crippen LogP contribution in [0.4, 0.5) is 5.82 Å². The van der Waals surface area contributed by atoms with Crippen molar-refractivity contribution in [3.8, 4) is 0 Å². The molecule has 23 heteroatoms. The van der Waals surface area contributed by atoms with Crippen molar-refractivity contribution in [1.82, 2.24) is 19.5 Å². The van der Waals surface area contributed by atoms with E-state index in [9.17, 15) is 28.8 Å². The number of aliphatic hydroxyl groups is 2. The predicted molar refractivity (Wildman–Crippen MR) is 110 cm³/mol. The number of phosphoric acid groups is 3. The SMILES string of the molecule is Nc1ncnc2c1ncn2[C@@H]1O[C@H](COP(=O)(O)OP(=O)(O)OP(=O)(O)O)C(O)C1O.[NaH].[NaH]. The zero-order valence-corrected chi connectivity index (χ0v) is 17.6. The molecule has 0 spiro atoms. The van der Waals surface area contributed by atoms with Crippen LogP contribution in [0.25, 0.3) is 11.2 Å². The Balaban J connectivity index is 0.00000272. The zero-order valence-electron chi connectivity index (χ0n) is 14.9. The molecule has 0 aliphatic carbocycles. The van der Waals surface area contributed by atoms with Crippen LogP contribution >= 0.6 is 23.5 Å². The van der Waals surface area contributed by atoms with Gasteiger partial charge in [0.2, 0.25) is 0 Å². The molecule has 2 aromatic rings. The summed E-state index contributed by atoms with van der Waals surface area (Å²) in [6.45, 7) is -0.956. The minimum atomic E-state index is -5.70.